The quantitative estimate of drug-likeness (QED) is 0.106. The number of aromatic nitrogens is 2. The van der Waals surface area contributed by atoms with E-state index in [9.17, 15) is 14.4 Å². The molecule has 3 heterocycles. The summed E-state index contributed by atoms with van der Waals surface area (Å²) < 4.78 is 11.7. The predicted molar refractivity (Wildman–Crippen MR) is 213 cm³/mol. The number of hydrogen-bond donors (Lipinski definition) is 5. The first kappa shape index (κ1) is 39.6. The topological polar surface area (TPSA) is 193 Å². The van der Waals surface area contributed by atoms with Crippen LogP contribution in [0.15, 0.2) is 48.1 Å². The van der Waals surface area contributed by atoms with Crippen LogP contribution >= 0.6 is 0 Å². The van der Waals surface area contributed by atoms with Crippen LogP contribution in [0.1, 0.15) is 94.3 Å². The molecular formula is C40H58N10O5. The molecule has 2 aromatic rings. The lowest BCUT2D eigenvalue weighted by molar-refractivity contribution is -0.120. The Labute approximate surface area is 324 Å². The second-order valence-corrected chi connectivity index (χ2v) is 14.9. The molecule has 1 saturated heterocycles. The lowest BCUT2D eigenvalue weighted by Crippen LogP contribution is -2.55. The lowest BCUT2D eigenvalue weighted by Gasteiger charge is -2.43. The Morgan fingerprint density at radius 3 is 2.44 bits per heavy atom. The molecule has 0 radical (unpaired) electrons. The number of methoxy groups -OCH3 is 1. The number of likely N-dealkylation sites (tertiary alicyclic amines) is 1. The van der Waals surface area contributed by atoms with Crippen molar-refractivity contribution in [3.63, 3.8) is 0 Å². The monoisotopic (exact) mass is 758 g/mol. The van der Waals surface area contributed by atoms with Crippen LogP contribution in [-0.2, 0) is 14.3 Å². The number of fused-ring (bicyclic) bond motifs is 1. The molecule has 4 aliphatic rings. The molecule has 1 unspecified atom stereocenters. The zero-order valence-corrected chi connectivity index (χ0v) is 32.5. The van der Waals surface area contributed by atoms with Gasteiger partial charge in [-0.05, 0) is 75.3 Å². The van der Waals surface area contributed by atoms with Crippen molar-refractivity contribution in [2.45, 2.75) is 108 Å². The van der Waals surface area contributed by atoms with Crippen LogP contribution in [0.25, 0.3) is 0 Å². The molecule has 298 valence electrons. The highest BCUT2D eigenvalue weighted by Gasteiger charge is 2.41. The second kappa shape index (κ2) is 18.5. The highest BCUT2D eigenvalue weighted by atomic mass is 16.5. The van der Waals surface area contributed by atoms with E-state index in [4.69, 9.17) is 25.9 Å². The number of likely N-dealkylation sites (N-methyl/N-ethyl adjacent to an activating group) is 1. The zero-order valence-electron chi connectivity index (χ0n) is 32.5. The van der Waals surface area contributed by atoms with E-state index in [1.807, 2.05) is 6.92 Å². The summed E-state index contributed by atoms with van der Waals surface area (Å²) in [5.41, 5.74) is 14.2. The van der Waals surface area contributed by atoms with E-state index in [-0.39, 0.29) is 47.6 Å². The first-order valence-corrected chi connectivity index (χ1v) is 19.9. The van der Waals surface area contributed by atoms with Crippen molar-refractivity contribution < 1.29 is 23.9 Å². The number of ether oxygens (including phenoxy) is 2. The Balaban J connectivity index is 0.964. The summed E-state index contributed by atoms with van der Waals surface area (Å²) >= 11 is 0. The third-order valence-electron chi connectivity index (χ3n) is 11.3. The van der Waals surface area contributed by atoms with Crippen molar-refractivity contribution in [1.82, 2.24) is 25.5 Å². The average molecular weight is 759 g/mol. The number of amides is 3. The summed E-state index contributed by atoms with van der Waals surface area (Å²) in [5, 5.41) is 9.23. The fraction of sp³-hybridized carbons (Fsp3) is 0.575. The maximum absolute atomic E-state index is 13.2. The van der Waals surface area contributed by atoms with Gasteiger partial charge >= 0.3 is 0 Å². The van der Waals surface area contributed by atoms with Gasteiger partial charge in [0.1, 0.15) is 17.5 Å². The first-order chi connectivity index (χ1) is 26.7. The minimum absolute atomic E-state index is 0.0538. The minimum Gasteiger partial charge on any atom is -0.495 e. The number of piperidine rings is 1. The van der Waals surface area contributed by atoms with E-state index < -0.39 is 0 Å². The molecule has 15 heteroatoms. The van der Waals surface area contributed by atoms with E-state index in [1.54, 1.807) is 55.6 Å². The summed E-state index contributed by atoms with van der Waals surface area (Å²) in [6.45, 7) is 4.20. The molecule has 0 spiro atoms. The maximum Gasteiger partial charge on any atom is 0.267 e. The number of carbonyl (C=O) groups excluding carboxylic acids is 3. The highest BCUT2D eigenvalue weighted by Crippen LogP contribution is 2.40. The van der Waals surface area contributed by atoms with Crippen molar-refractivity contribution in [3.8, 4) is 5.75 Å². The van der Waals surface area contributed by atoms with Crippen LogP contribution in [0.3, 0.4) is 0 Å². The van der Waals surface area contributed by atoms with E-state index >= 15 is 0 Å². The van der Waals surface area contributed by atoms with Gasteiger partial charge in [-0.25, -0.2) is 4.98 Å². The van der Waals surface area contributed by atoms with Gasteiger partial charge in [-0.15, -0.1) is 0 Å². The molecule has 2 aliphatic heterocycles. The molecule has 2 aliphatic carbocycles. The van der Waals surface area contributed by atoms with Crippen molar-refractivity contribution in [2.24, 2.45) is 11.5 Å². The van der Waals surface area contributed by atoms with Crippen LogP contribution < -0.4 is 42.0 Å². The fourth-order valence-corrected chi connectivity index (χ4v) is 8.14. The molecular weight excluding hydrogens is 701 g/mol. The molecule has 1 aromatic carbocycles. The van der Waals surface area contributed by atoms with Gasteiger partial charge in [0, 0.05) is 44.3 Å². The van der Waals surface area contributed by atoms with Gasteiger partial charge in [0.05, 0.1) is 43.2 Å². The summed E-state index contributed by atoms with van der Waals surface area (Å²) in [6, 6.07) is 5.38. The van der Waals surface area contributed by atoms with Gasteiger partial charge < -0.3 is 51.6 Å². The van der Waals surface area contributed by atoms with Crippen molar-refractivity contribution in [2.75, 3.05) is 55.5 Å². The predicted octanol–water partition coefficient (Wildman–Crippen LogP) is 4.04. The SMILES string of the molecule is CCC1C(=O)N(C)c2cnc(Nc3ccc(C(=O)NCCOC4CCN(/C(N)=C/C=C(\N)C(=O)NC5CCCCC5)CC4)cc3OC)nc2N1C1CCCC1. The van der Waals surface area contributed by atoms with E-state index in [2.05, 4.69) is 30.7 Å². The number of nitrogens with one attached hydrogen (secondary N) is 3. The molecule has 3 amide bonds. The van der Waals surface area contributed by atoms with Gasteiger partial charge in [0.15, 0.2) is 5.82 Å². The number of benzene rings is 1. The Kier molecular flexibility index (Phi) is 13.3. The molecule has 2 saturated carbocycles. The molecule has 7 N–H and O–H groups in total. The molecule has 3 fully saturated rings. The van der Waals surface area contributed by atoms with Gasteiger partial charge in [0.25, 0.3) is 11.8 Å². The van der Waals surface area contributed by atoms with Crippen molar-refractivity contribution in [3.05, 3.63) is 53.6 Å². The number of rotatable bonds is 14. The smallest absolute Gasteiger partial charge is 0.267 e. The fourth-order valence-electron chi connectivity index (χ4n) is 8.14. The van der Waals surface area contributed by atoms with Crippen LogP contribution in [0.2, 0.25) is 0 Å². The third kappa shape index (κ3) is 9.61. The Morgan fingerprint density at radius 2 is 1.73 bits per heavy atom. The third-order valence-corrected chi connectivity index (χ3v) is 11.3. The summed E-state index contributed by atoms with van der Waals surface area (Å²) in [4.78, 5) is 54.1. The maximum atomic E-state index is 13.2. The number of anilines is 4. The number of allylic oxidation sites excluding steroid dienone is 2. The summed E-state index contributed by atoms with van der Waals surface area (Å²) in [5.74, 6) is 1.75. The van der Waals surface area contributed by atoms with E-state index in [1.165, 1.54) is 6.42 Å². The first-order valence-electron chi connectivity index (χ1n) is 19.9. The van der Waals surface area contributed by atoms with Gasteiger partial charge in [-0.2, -0.15) is 4.98 Å². The zero-order chi connectivity index (χ0) is 38.9. The van der Waals surface area contributed by atoms with Gasteiger partial charge in [-0.3, -0.25) is 14.4 Å². The van der Waals surface area contributed by atoms with Crippen molar-refractivity contribution >= 4 is 40.9 Å². The summed E-state index contributed by atoms with van der Waals surface area (Å²) in [7, 11) is 3.33. The Hall–Kier alpha value is -5.05. The van der Waals surface area contributed by atoms with Gasteiger partial charge in [0.2, 0.25) is 11.9 Å². The Morgan fingerprint density at radius 1 is 1.00 bits per heavy atom. The molecule has 15 nitrogen and oxygen atoms in total. The number of hydrogen-bond acceptors (Lipinski definition) is 12. The highest BCUT2D eigenvalue weighted by molar-refractivity contribution is 6.04. The largest absolute Gasteiger partial charge is 0.495 e. The normalized spacial score (nSPS) is 20.4. The molecule has 0 bridgehead atoms. The van der Waals surface area contributed by atoms with Crippen LogP contribution in [0.5, 0.6) is 5.75 Å². The second-order valence-electron chi connectivity index (χ2n) is 14.9. The van der Waals surface area contributed by atoms with Crippen LogP contribution in [0.4, 0.5) is 23.1 Å². The van der Waals surface area contributed by atoms with E-state index in [0.717, 1.165) is 70.0 Å². The van der Waals surface area contributed by atoms with Crippen molar-refractivity contribution in [1.29, 1.82) is 0 Å². The molecule has 55 heavy (non-hydrogen) atoms. The number of carbonyl (C=O) groups is 3. The van der Waals surface area contributed by atoms with E-state index in [0.29, 0.717) is 67.1 Å². The lowest BCUT2D eigenvalue weighted by atomic mass is 9.95. The standard InChI is InChI=1S/C40H58N10O5/c1-4-32-39(53)48(2)33-25-44-40(47-36(33)50(32)28-12-8-9-13-28)46-31-16-14-26(24-34(31)54-3)37(51)43-20-23-55-29-18-21-49(22-19-29)35(42)17-15-30(41)38(52)45-27-10-6-5-7-11-27/h14-17,24-25,27-29,32H,4-13,18-23,41-42H2,1-3H3,(H,43,51)(H,45,52)(H,44,46,47)/b30-15-,35-17+. The minimum atomic E-state index is -0.262. The van der Waals surface area contributed by atoms with Crippen LogP contribution in [-0.4, -0.2) is 97.2 Å². The molecule has 6 rings (SSSR count). The summed E-state index contributed by atoms with van der Waals surface area (Å²) in [6.07, 6.45) is 17.1. The van der Waals surface area contributed by atoms with Crippen LogP contribution in [0, 0.1) is 0 Å². The molecule has 1 atom stereocenters. The van der Waals surface area contributed by atoms with Gasteiger partial charge in [-0.1, -0.05) is 39.0 Å². The average Bonchev–Trinajstić information content (AvgIpc) is 3.75. The number of nitrogens with two attached hydrogens (primary N) is 2. The molecule has 1 aromatic heterocycles. The Bertz CT molecular complexity index is 1730. The number of nitrogens with zero attached hydrogens (tertiary/aromatic N) is 5.